The molecule has 0 spiro atoms. The number of esters is 1. The highest BCUT2D eigenvalue weighted by atomic mass is 32.2. The lowest BCUT2D eigenvalue weighted by Crippen LogP contribution is -2.54. The Labute approximate surface area is 250 Å². The van der Waals surface area contributed by atoms with Crippen molar-refractivity contribution in [3.63, 3.8) is 0 Å². The second-order valence-corrected chi connectivity index (χ2v) is 15.3. The van der Waals surface area contributed by atoms with Gasteiger partial charge >= 0.3 is 5.97 Å². The summed E-state index contributed by atoms with van der Waals surface area (Å²) in [4.78, 5) is 17.3. The Hall–Kier alpha value is -2.89. The van der Waals surface area contributed by atoms with Crippen LogP contribution in [0.5, 0.6) is 0 Å². The minimum atomic E-state index is -3.15. The van der Waals surface area contributed by atoms with Crippen molar-refractivity contribution in [3.8, 4) is 6.07 Å². The zero-order valence-electron chi connectivity index (χ0n) is 24.9. The number of carbonyl (C=O) groups excluding carboxylic acids is 1. The number of ether oxygens (including phenoxy) is 1. The lowest BCUT2D eigenvalue weighted by molar-refractivity contribution is -0.149. The zero-order chi connectivity index (χ0) is 29.5. The van der Waals surface area contributed by atoms with Crippen molar-refractivity contribution in [1.29, 1.82) is 5.26 Å². The molecule has 0 amide bonds. The maximum atomic E-state index is 12.5. The van der Waals surface area contributed by atoms with Crippen LogP contribution in [0.1, 0.15) is 63.0 Å². The van der Waals surface area contributed by atoms with Gasteiger partial charge in [0.15, 0.2) is 9.84 Å². The molecule has 0 radical (unpaired) electrons. The molecule has 0 N–H and O–H groups in total. The molecule has 3 atom stereocenters. The number of hydrogen-bond donors (Lipinski definition) is 0. The molecule has 2 aliphatic heterocycles. The average Bonchev–Trinajstić information content (AvgIpc) is 3.74. The minimum Gasteiger partial charge on any atom is -0.462 e. The van der Waals surface area contributed by atoms with Crippen molar-refractivity contribution < 1.29 is 17.9 Å². The summed E-state index contributed by atoms with van der Waals surface area (Å²) in [5, 5.41) is 10.8. The van der Waals surface area contributed by atoms with Crippen LogP contribution in [-0.2, 0) is 24.8 Å². The van der Waals surface area contributed by atoms with Crippen LogP contribution in [0.25, 0.3) is 0 Å². The highest BCUT2D eigenvalue weighted by Gasteiger charge is 2.53. The maximum absolute atomic E-state index is 12.5. The molecule has 8 heteroatoms. The van der Waals surface area contributed by atoms with Gasteiger partial charge in [0.2, 0.25) is 0 Å². The fourth-order valence-corrected chi connectivity index (χ4v) is 9.70. The number of anilines is 1. The Bertz CT molecular complexity index is 1430. The molecule has 42 heavy (non-hydrogen) atoms. The van der Waals surface area contributed by atoms with E-state index in [1.54, 1.807) is 12.1 Å². The number of sulfone groups is 1. The van der Waals surface area contributed by atoms with Crippen molar-refractivity contribution in [2.75, 3.05) is 37.6 Å². The van der Waals surface area contributed by atoms with Gasteiger partial charge in [0, 0.05) is 44.1 Å². The summed E-state index contributed by atoms with van der Waals surface area (Å²) >= 11 is 0. The van der Waals surface area contributed by atoms with Crippen LogP contribution in [-0.4, -0.2) is 63.4 Å². The second kappa shape index (κ2) is 11.7. The van der Waals surface area contributed by atoms with Crippen molar-refractivity contribution in [2.24, 2.45) is 17.8 Å². The molecule has 2 saturated carbocycles. The maximum Gasteiger partial charge on any atom is 0.302 e. The topological polar surface area (TPSA) is 90.7 Å². The highest BCUT2D eigenvalue weighted by molar-refractivity contribution is 7.92. The van der Waals surface area contributed by atoms with Gasteiger partial charge in [0.1, 0.15) is 6.10 Å². The molecule has 2 aromatic carbocycles. The third-order valence-electron chi connectivity index (χ3n) is 10.3. The summed E-state index contributed by atoms with van der Waals surface area (Å²) in [6.07, 6.45) is 6.00. The first-order valence-electron chi connectivity index (χ1n) is 15.7. The summed E-state index contributed by atoms with van der Waals surface area (Å²) in [7, 11) is -3.15. The van der Waals surface area contributed by atoms with E-state index < -0.39 is 15.3 Å². The number of carbonyl (C=O) groups is 1. The summed E-state index contributed by atoms with van der Waals surface area (Å²) in [6, 6.07) is 18.6. The van der Waals surface area contributed by atoms with Gasteiger partial charge in [-0.1, -0.05) is 24.3 Å². The highest BCUT2D eigenvalue weighted by Crippen LogP contribution is 2.51. The lowest BCUT2D eigenvalue weighted by Gasteiger charge is -2.48. The van der Waals surface area contributed by atoms with E-state index in [0.29, 0.717) is 10.8 Å². The van der Waals surface area contributed by atoms with Crippen molar-refractivity contribution in [1.82, 2.24) is 4.90 Å². The second-order valence-electron chi connectivity index (χ2n) is 13.1. The van der Waals surface area contributed by atoms with E-state index >= 15 is 0 Å². The SMILES string of the molecule is CC(=O)O[C@H]1CCC[C@@H]1C(C#N)(c1ccccc1C)C1CCN(CC2CN(c3ccc(S(=O)(=O)C4CC4)cc3)C2)CC1. The number of aryl methyl sites for hydroxylation is 1. The third-order valence-corrected chi connectivity index (χ3v) is 12.6. The average molecular weight is 590 g/mol. The van der Waals surface area contributed by atoms with Crippen LogP contribution < -0.4 is 4.90 Å². The van der Waals surface area contributed by atoms with E-state index in [1.807, 2.05) is 24.3 Å². The number of rotatable bonds is 9. The van der Waals surface area contributed by atoms with Gasteiger partial charge in [-0.05, 0) is 106 Å². The minimum absolute atomic E-state index is 0.00916. The van der Waals surface area contributed by atoms with Crippen LogP contribution in [0, 0.1) is 36.0 Å². The Balaban J connectivity index is 1.09. The normalized spacial score (nSPS) is 25.4. The first-order valence-corrected chi connectivity index (χ1v) is 17.2. The quantitative estimate of drug-likeness (QED) is 0.368. The Morgan fingerprint density at radius 1 is 1.00 bits per heavy atom. The van der Waals surface area contributed by atoms with Crippen LogP contribution in [0.15, 0.2) is 53.4 Å². The molecular formula is C34H43N3O4S. The third kappa shape index (κ3) is 5.46. The molecule has 1 unspecified atom stereocenters. The Morgan fingerprint density at radius 2 is 1.69 bits per heavy atom. The van der Waals surface area contributed by atoms with E-state index in [9.17, 15) is 18.5 Å². The first kappa shape index (κ1) is 29.2. The summed E-state index contributed by atoms with van der Waals surface area (Å²) in [6.45, 7) is 8.52. The van der Waals surface area contributed by atoms with Gasteiger partial charge in [-0.15, -0.1) is 0 Å². The van der Waals surface area contributed by atoms with E-state index in [4.69, 9.17) is 4.74 Å². The molecule has 0 aromatic heterocycles. The molecule has 2 aliphatic carbocycles. The summed E-state index contributed by atoms with van der Waals surface area (Å²) < 4.78 is 30.8. The van der Waals surface area contributed by atoms with Gasteiger partial charge in [0.25, 0.3) is 0 Å². The molecule has 224 valence electrons. The Kier molecular flexibility index (Phi) is 8.10. The monoisotopic (exact) mass is 589 g/mol. The molecule has 4 fully saturated rings. The molecule has 2 saturated heterocycles. The summed E-state index contributed by atoms with van der Waals surface area (Å²) in [5.41, 5.74) is 2.68. The fraction of sp³-hybridized carbons (Fsp3) is 0.588. The van der Waals surface area contributed by atoms with Gasteiger partial charge < -0.3 is 14.5 Å². The van der Waals surface area contributed by atoms with E-state index in [1.165, 1.54) is 6.92 Å². The van der Waals surface area contributed by atoms with Crippen molar-refractivity contribution in [2.45, 2.75) is 80.5 Å². The van der Waals surface area contributed by atoms with Gasteiger partial charge in [-0.25, -0.2) is 8.42 Å². The molecule has 4 aliphatic rings. The number of hydrogen-bond acceptors (Lipinski definition) is 7. The predicted molar refractivity (Wildman–Crippen MR) is 163 cm³/mol. The van der Waals surface area contributed by atoms with Gasteiger partial charge in [-0.2, -0.15) is 5.26 Å². The molecule has 7 nitrogen and oxygen atoms in total. The van der Waals surface area contributed by atoms with E-state index in [0.717, 1.165) is 94.5 Å². The summed E-state index contributed by atoms with van der Waals surface area (Å²) in [5.74, 6) is 0.544. The lowest BCUT2D eigenvalue weighted by atomic mass is 9.58. The van der Waals surface area contributed by atoms with Crippen LogP contribution in [0.3, 0.4) is 0 Å². The molecule has 2 aromatic rings. The number of benzene rings is 2. The molecular weight excluding hydrogens is 546 g/mol. The molecule has 6 rings (SSSR count). The number of nitriles is 1. The van der Waals surface area contributed by atoms with Crippen LogP contribution in [0.4, 0.5) is 5.69 Å². The smallest absolute Gasteiger partial charge is 0.302 e. The van der Waals surface area contributed by atoms with Crippen molar-refractivity contribution in [3.05, 3.63) is 59.7 Å². The largest absolute Gasteiger partial charge is 0.462 e. The number of piperidine rings is 1. The molecule has 2 heterocycles. The number of likely N-dealkylation sites (tertiary alicyclic amines) is 1. The Morgan fingerprint density at radius 3 is 2.31 bits per heavy atom. The van der Waals surface area contributed by atoms with E-state index in [2.05, 4.69) is 34.9 Å². The standard InChI is InChI=1S/C34H43N3O4S/c1-24-6-3-4-7-31(24)34(23-35,32-8-5-9-33(32)41-25(2)38)27-16-18-36(19-17-27)20-26-21-37(22-26)28-10-12-29(13-11-28)42(39,40)30-14-15-30/h3-4,6-7,10-13,26-27,30,32-33H,5,8-9,14-22H2,1-2H3/t32-,33-,34?/m0/s1. The van der Waals surface area contributed by atoms with Crippen LogP contribution in [0.2, 0.25) is 0 Å². The first-order chi connectivity index (χ1) is 20.2. The van der Waals surface area contributed by atoms with Crippen LogP contribution >= 0.6 is 0 Å². The van der Waals surface area contributed by atoms with Gasteiger partial charge in [-0.3, -0.25) is 4.79 Å². The van der Waals surface area contributed by atoms with Gasteiger partial charge in [0.05, 0.1) is 21.6 Å². The molecule has 0 bridgehead atoms. The zero-order valence-corrected chi connectivity index (χ0v) is 25.7. The number of nitrogens with zero attached hydrogens (tertiary/aromatic N) is 3. The van der Waals surface area contributed by atoms with Crippen molar-refractivity contribution >= 4 is 21.5 Å². The van der Waals surface area contributed by atoms with E-state index in [-0.39, 0.29) is 29.2 Å². The predicted octanol–water partition coefficient (Wildman–Crippen LogP) is 5.27. The fourth-order valence-electron chi connectivity index (χ4n) is 8.04.